The first-order valence-corrected chi connectivity index (χ1v) is 7.72. The third kappa shape index (κ3) is 2.43. The van der Waals surface area contributed by atoms with Crippen LogP contribution in [0.5, 0.6) is 0 Å². The number of hydrogen-bond acceptors (Lipinski definition) is 3. The Hall–Kier alpha value is -1.10. The average Bonchev–Trinajstić information content (AvgIpc) is 2.96. The second-order valence-corrected chi connectivity index (χ2v) is 6.42. The van der Waals surface area contributed by atoms with E-state index < -0.39 is 11.4 Å². The number of amides is 1. The molecule has 1 amide bonds. The third-order valence-corrected chi connectivity index (χ3v) is 5.54. The van der Waals surface area contributed by atoms with Gasteiger partial charge in [-0.3, -0.25) is 9.59 Å². The number of piperidine rings is 1. The van der Waals surface area contributed by atoms with Crippen LogP contribution >= 0.6 is 0 Å². The number of carboxylic acid groups (broad SMARTS) is 1. The van der Waals surface area contributed by atoms with E-state index in [2.05, 4.69) is 0 Å². The van der Waals surface area contributed by atoms with E-state index in [1.165, 1.54) is 0 Å². The Labute approximate surface area is 120 Å². The molecule has 5 nitrogen and oxygen atoms in total. The molecule has 0 atom stereocenters. The molecule has 5 heteroatoms. The summed E-state index contributed by atoms with van der Waals surface area (Å²) >= 11 is 0. The van der Waals surface area contributed by atoms with Crippen molar-refractivity contribution in [1.82, 2.24) is 4.90 Å². The van der Waals surface area contributed by atoms with Crippen LogP contribution in [0.4, 0.5) is 0 Å². The second kappa shape index (κ2) is 5.72. The molecule has 2 fully saturated rings. The van der Waals surface area contributed by atoms with Crippen LogP contribution in [0.3, 0.4) is 0 Å². The van der Waals surface area contributed by atoms with Gasteiger partial charge in [0, 0.05) is 19.6 Å². The van der Waals surface area contributed by atoms with Gasteiger partial charge in [0.05, 0.1) is 10.8 Å². The number of likely N-dealkylation sites (tertiary alicyclic amines) is 1. The predicted molar refractivity (Wildman–Crippen MR) is 76.1 cm³/mol. The minimum Gasteiger partial charge on any atom is -0.481 e. The minimum absolute atomic E-state index is 0.160. The van der Waals surface area contributed by atoms with Crippen molar-refractivity contribution >= 4 is 11.9 Å². The molecule has 0 aromatic carbocycles. The minimum atomic E-state index is -0.721. The Balaban J connectivity index is 2.03. The van der Waals surface area contributed by atoms with Gasteiger partial charge in [-0.15, -0.1) is 0 Å². The first-order chi connectivity index (χ1) is 9.49. The monoisotopic (exact) mass is 282 g/mol. The number of hydrogen-bond donors (Lipinski definition) is 2. The van der Waals surface area contributed by atoms with Crippen molar-refractivity contribution < 1.29 is 14.7 Å². The Bertz CT molecular complexity index is 381. The zero-order valence-electron chi connectivity index (χ0n) is 12.4. The normalized spacial score (nSPS) is 24.6. The lowest BCUT2D eigenvalue weighted by Crippen LogP contribution is -2.52. The van der Waals surface area contributed by atoms with Gasteiger partial charge in [0.2, 0.25) is 5.91 Å². The van der Waals surface area contributed by atoms with E-state index in [1.54, 1.807) is 0 Å². The Kier molecular flexibility index (Phi) is 4.37. The van der Waals surface area contributed by atoms with Gasteiger partial charge in [0.25, 0.3) is 0 Å². The maximum absolute atomic E-state index is 12.7. The Morgan fingerprint density at radius 2 is 1.65 bits per heavy atom. The molecule has 0 bridgehead atoms. The van der Waals surface area contributed by atoms with Crippen molar-refractivity contribution in [1.29, 1.82) is 0 Å². The Morgan fingerprint density at radius 1 is 1.10 bits per heavy atom. The standard InChI is InChI=1S/C15H26N2O3/c1-2-14(13(19)20)7-9-17(10-8-14)12(18)15(11-16)5-3-4-6-15/h2-11,16H2,1H3,(H,19,20). The predicted octanol–water partition coefficient (Wildman–Crippen LogP) is 1.61. The number of rotatable bonds is 4. The molecule has 1 saturated heterocycles. The quantitative estimate of drug-likeness (QED) is 0.820. The molecule has 1 heterocycles. The number of carbonyl (C=O) groups is 2. The second-order valence-electron chi connectivity index (χ2n) is 6.42. The van der Waals surface area contributed by atoms with Gasteiger partial charge in [-0.05, 0) is 32.1 Å². The van der Waals surface area contributed by atoms with Gasteiger partial charge in [0.15, 0.2) is 0 Å². The van der Waals surface area contributed by atoms with Crippen molar-refractivity contribution in [2.75, 3.05) is 19.6 Å². The highest BCUT2D eigenvalue weighted by atomic mass is 16.4. The van der Waals surface area contributed by atoms with E-state index in [0.717, 1.165) is 25.7 Å². The van der Waals surface area contributed by atoms with Crippen LogP contribution in [0.1, 0.15) is 51.9 Å². The molecule has 3 N–H and O–H groups in total. The number of carboxylic acids is 1. The molecule has 1 saturated carbocycles. The van der Waals surface area contributed by atoms with E-state index in [9.17, 15) is 14.7 Å². The van der Waals surface area contributed by atoms with E-state index >= 15 is 0 Å². The van der Waals surface area contributed by atoms with Gasteiger partial charge in [-0.1, -0.05) is 19.8 Å². The summed E-state index contributed by atoms with van der Waals surface area (Å²) in [7, 11) is 0. The zero-order valence-corrected chi connectivity index (χ0v) is 12.4. The summed E-state index contributed by atoms with van der Waals surface area (Å²) in [4.78, 5) is 26.0. The lowest BCUT2D eigenvalue weighted by atomic mass is 9.75. The molecule has 1 aliphatic carbocycles. The van der Waals surface area contributed by atoms with Crippen molar-refractivity contribution in [3.8, 4) is 0 Å². The molecule has 0 radical (unpaired) electrons. The first-order valence-electron chi connectivity index (χ1n) is 7.72. The summed E-state index contributed by atoms with van der Waals surface area (Å²) < 4.78 is 0. The number of carbonyl (C=O) groups excluding carboxylic acids is 1. The number of nitrogens with two attached hydrogens (primary N) is 1. The van der Waals surface area contributed by atoms with Crippen LogP contribution in [0.15, 0.2) is 0 Å². The summed E-state index contributed by atoms with van der Waals surface area (Å²) in [6.45, 7) is 3.45. The SMILES string of the molecule is CCC1(C(=O)O)CCN(C(=O)C2(CN)CCCC2)CC1. The van der Waals surface area contributed by atoms with Crippen LogP contribution < -0.4 is 5.73 Å². The van der Waals surface area contributed by atoms with Crippen LogP contribution in [0.25, 0.3) is 0 Å². The maximum Gasteiger partial charge on any atom is 0.309 e. The van der Waals surface area contributed by atoms with Crippen molar-refractivity contribution in [3.63, 3.8) is 0 Å². The van der Waals surface area contributed by atoms with Gasteiger partial charge < -0.3 is 15.7 Å². The molecule has 114 valence electrons. The molecule has 1 aliphatic heterocycles. The third-order valence-electron chi connectivity index (χ3n) is 5.54. The molecule has 0 aromatic rings. The zero-order chi connectivity index (χ0) is 14.8. The smallest absolute Gasteiger partial charge is 0.309 e. The van der Waals surface area contributed by atoms with Crippen molar-refractivity contribution in [2.24, 2.45) is 16.6 Å². The van der Waals surface area contributed by atoms with E-state index in [1.807, 2.05) is 11.8 Å². The van der Waals surface area contributed by atoms with Gasteiger partial charge in [-0.2, -0.15) is 0 Å². The molecule has 0 aromatic heterocycles. The highest BCUT2D eigenvalue weighted by Gasteiger charge is 2.46. The van der Waals surface area contributed by atoms with Gasteiger partial charge in [-0.25, -0.2) is 0 Å². The summed E-state index contributed by atoms with van der Waals surface area (Å²) in [5.74, 6) is -0.561. The molecule has 20 heavy (non-hydrogen) atoms. The summed E-state index contributed by atoms with van der Waals surface area (Å²) in [5, 5.41) is 9.40. The lowest BCUT2D eigenvalue weighted by molar-refractivity contribution is -0.156. The van der Waals surface area contributed by atoms with E-state index in [4.69, 9.17) is 5.73 Å². The number of nitrogens with zero attached hydrogens (tertiary/aromatic N) is 1. The molecular weight excluding hydrogens is 256 g/mol. The Morgan fingerprint density at radius 3 is 2.05 bits per heavy atom. The molecule has 2 aliphatic rings. The molecule has 0 unspecified atom stereocenters. The summed E-state index contributed by atoms with van der Waals surface area (Å²) in [6, 6.07) is 0. The fourth-order valence-electron chi connectivity index (χ4n) is 3.75. The van der Waals surface area contributed by atoms with Crippen LogP contribution in [0.2, 0.25) is 0 Å². The molecule has 2 rings (SSSR count). The first kappa shape index (κ1) is 15.3. The molecular formula is C15H26N2O3. The summed E-state index contributed by atoms with van der Waals surface area (Å²) in [6.07, 6.45) is 5.67. The fraction of sp³-hybridized carbons (Fsp3) is 0.867. The topological polar surface area (TPSA) is 83.6 Å². The lowest BCUT2D eigenvalue weighted by Gasteiger charge is -2.41. The van der Waals surface area contributed by atoms with Gasteiger partial charge in [0.1, 0.15) is 0 Å². The molecule has 0 spiro atoms. The average molecular weight is 282 g/mol. The largest absolute Gasteiger partial charge is 0.481 e. The highest BCUT2D eigenvalue weighted by Crippen LogP contribution is 2.41. The van der Waals surface area contributed by atoms with Gasteiger partial charge >= 0.3 is 5.97 Å². The van der Waals surface area contributed by atoms with Crippen LogP contribution in [-0.4, -0.2) is 41.5 Å². The summed E-state index contributed by atoms with van der Waals surface area (Å²) in [5.41, 5.74) is 4.86. The van der Waals surface area contributed by atoms with Crippen LogP contribution in [0, 0.1) is 10.8 Å². The van der Waals surface area contributed by atoms with E-state index in [-0.39, 0.29) is 11.3 Å². The van der Waals surface area contributed by atoms with Crippen LogP contribution in [-0.2, 0) is 9.59 Å². The maximum atomic E-state index is 12.7. The van der Waals surface area contributed by atoms with Crippen molar-refractivity contribution in [2.45, 2.75) is 51.9 Å². The highest BCUT2D eigenvalue weighted by molar-refractivity contribution is 5.84. The van der Waals surface area contributed by atoms with Crippen molar-refractivity contribution in [3.05, 3.63) is 0 Å². The van der Waals surface area contributed by atoms with E-state index in [0.29, 0.717) is 38.9 Å². The number of aliphatic carboxylic acids is 1. The fourth-order valence-corrected chi connectivity index (χ4v) is 3.75.